The predicted molar refractivity (Wildman–Crippen MR) is 48.9 cm³/mol. The van der Waals surface area contributed by atoms with Gasteiger partial charge in [-0.3, -0.25) is 0 Å². The quantitative estimate of drug-likeness (QED) is 0.849. The average molecular weight is 320 g/mol. The second-order valence-corrected chi connectivity index (χ2v) is 3.71. The first-order valence-corrected chi connectivity index (χ1v) is 4.73. The fourth-order valence-electron chi connectivity index (χ4n) is 1.04. The van der Waals surface area contributed by atoms with Gasteiger partial charge >= 0.3 is 12.1 Å². The number of hydrogen-bond donors (Lipinski definition) is 1. The van der Waals surface area contributed by atoms with Crippen LogP contribution in [-0.2, 0) is 6.18 Å². The van der Waals surface area contributed by atoms with Crippen LogP contribution >= 0.6 is 15.9 Å². The number of pyridine rings is 1. The van der Waals surface area contributed by atoms with Gasteiger partial charge in [0.2, 0.25) is 0 Å². The lowest BCUT2D eigenvalue weighted by atomic mass is 10.1. The highest BCUT2D eigenvalue weighted by Crippen LogP contribution is 2.36. The van der Waals surface area contributed by atoms with Crippen LogP contribution in [0.1, 0.15) is 28.2 Å². The van der Waals surface area contributed by atoms with Crippen LogP contribution in [0.3, 0.4) is 0 Å². The Labute approximate surface area is 99.4 Å². The number of carboxylic acid groups (broad SMARTS) is 1. The van der Waals surface area contributed by atoms with E-state index < -0.39 is 40.0 Å². The van der Waals surface area contributed by atoms with E-state index in [-0.39, 0.29) is 6.07 Å². The highest BCUT2D eigenvalue weighted by molar-refractivity contribution is 9.10. The van der Waals surface area contributed by atoms with Crippen molar-refractivity contribution in [2.75, 3.05) is 0 Å². The molecule has 1 rings (SSSR count). The standard InChI is InChI=1S/C8H3BrF5NO2/c9-3-1-2(8(12,13)14)4(7(16)17)15-5(3)6(10)11/h1,6H,(H,16,17). The van der Waals surface area contributed by atoms with Crippen LogP contribution in [0.5, 0.6) is 0 Å². The van der Waals surface area contributed by atoms with Crippen molar-refractivity contribution >= 4 is 21.9 Å². The molecule has 1 aromatic rings. The van der Waals surface area contributed by atoms with Gasteiger partial charge in [-0.05, 0) is 22.0 Å². The molecule has 0 spiro atoms. The molecular formula is C8H3BrF5NO2. The maximum atomic E-state index is 12.4. The van der Waals surface area contributed by atoms with Crippen LogP contribution in [-0.4, -0.2) is 16.1 Å². The third-order valence-electron chi connectivity index (χ3n) is 1.72. The molecule has 1 heterocycles. The third kappa shape index (κ3) is 2.90. The topological polar surface area (TPSA) is 50.2 Å². The summed E-state index contributed by atoms with van der Waals surface area (Å²) < 4.78 is 61.3. The lowest BCUT2D eigenvalue weighted by Gasteiger charge is -2.12. The Kier molecular flexibility index (Phi) is 3.70. The molecule has 0 atom stereocenters. The first kappa shape index (κ1) is 13.8. The van der Waals surface area contributed by atoms with Crippen LogP contribution in [0, 0.1) is 0 Å². The third-order valence-corrected chi connectivity index (χ3v) is 2.35. The van der Waals surface area contributed by atoms with Crippen molar-refractivity contribution in [1.29, 1.82) is 0 Å². The van der Waals surface area contributed by atoms with Gasteiger partial charge in [-0.25, -0.2) is 18.6 Å². The van der Waals surface area contributed by atoms with Gasteiger partial charge in [0.25, 0.3) is 6.43 Å². The average Bonchev–Trinajstić information content (AvgIpc) is 2.14. The first-order valence-electron chi connectivity index (χ1n) is 3.93. The van der Waals surface area contributed by atoms with Gasteiger partial charge in [-0.1, -0.05) is 0 Å². The number of halogens is 6. The van der Waals surface area contributed by atoms with Gasteiger partial charge in [0.05, 0.1) is 5.56 Å². The summed E-state index contributed by atoms with van der Waals surface area (Å²) in [7, 11) is 0. The SMILES string of the molecule is O=C(O)c1nc(C(F)F)c(Br)cc1C(F)(F)F. The van der Waals surface area contributed by atoms with Crippen LogP contribution in [0.2, 0.25) is 0 Å². The zero-order valence-corrected chi connectivity index (χ0v) is 9.31. The number of alkyl halides is 5. The van der Waals surface area contributed by atoms with Crippen molar-refractivity contribution in [3.8, 4) is 0 Å². The number of hydrogen-bond acceptors (Lipinski definition) is 2. The molecule has 0 saturated heterocycles. The lowest BCUT2D eigenvalue weighted by molar-refractivity contribution is -0.138. The van der Waals surface area contributed by atoms with Crippen LogP contribution in [0.25, 0.3) is 0 Å². The zero-order chi connectivity index (χ0) is 13.4. The van der Waals surface area contributed by atoms with E-state index in [0.717, 1.165) is 0 Å². The van der Waals surface area contributed by atoms with E-state index in [0.29, 0.717) is 0 Å². The molecule has 94 valence electrons. The van der Waals surface area contributed by atoms with E-state index >= 15 is 0 Å². The Hall–Kier alpha value is -1.25. The Morgan fingerprint density at radius 2 is 1.94 bits per heavy atom. The van der Waals surface area contributed by atoms with Gasteiger partial charge < -0.3 is 5.11 Å². The fourth-order valence-corrected chi connectivity index (χ4v) is 1.53. The number of rotatable bonds is 2. The molecule has 0 aliphatic heterocycles. The predicted octanol–water partition coefficient (Wildman–Crippen LogP) is 3.50. The number of aromatic carboxylic acids is 1. The molecule has 0 bridgehead atoms. The number of carboxylic acids is 1. The van der Waals surface area contributed by atoms with Crippen molar-refractivity contribution in [3.05, 3.63) is 27.5 Å². The van der Waals surface area contributed by atoms with Gasteiger partial charge in [-0.2, -0.15) is 13.2 Å². The van der Waals surface area contributed by atoms with Crippen molar-refractivity contribution in [2.24, 2.45) is 0 Å². The van der Waals surface area contributed by atoms with E-state index in [2.05, 4.69) is 20.9 Å². The monoisotopic (exact) mass is 319 g/mol. The summed E-state index contributed by atoms with van der Waals surface area (Å²) in [6, 6.07) is 0.276. The first-order chi connectivity index (χ1) is 7.64. The van der Waals surface area contributed by atoms with Crippen molar-refractivity contribution in [3.63, 3.8) is 0 Å². The van der Waals surface area contributed by atoms with E-state index in [1.54, 1.807) is 0 Å². The molecule has 0 radical (unpaired) electrons. The number of nitrogens with zero attached hydrogens (tertiary/aromatic N) is 1. The maximum Gasteiger partial charge on any atom is 0.418 e. The van der Waals surface area contributed by atoms with Crippen molar-refractivity contribution in [1.82, 2.24) is 4.98 Å². The van der Waals surface area contributed by atoms with E-state index in [9.17, 15) is 26.7 Å². The summed E-state index contributed by atoms with van der Waals surface area (Å²) in [6.45, 7) is 0. The Morgan fingerprint density at radius 1 is 1.41 bits per heavy atom. The van der Waals surface area contributed by atoms with E-state index in [4.69, 9.17) is 5.11 Å². The summed E-state index contributed by atoms with van der Waals surface area (Å²) in [4.78, 5) is 13.4. The highest BCUT2D eigenvalue weighted by atomic mass is 79.9. The second-order valence-electron chi connectivity index (χ2n) is 2.86. The largest absolute Gasteiger partial charge is 0.476 e. The molecule has 0 aliphatic rings. The number of carbonyl (C=O) groups is 1. The molecule has 3 nitrogen and oxygen atoms in total. The van der Waals surface area contributed by atoms with Crippen LogP contribution in [0.15, 0.2) is 10.5 Å². The summed E-state index contributed by atoms with van der Waals surface area (Å²) in [5.74, 6) is -2.02. The molecule has 0 aliphatic carbocycles. The van der Waals surface area contributed by atoms with Crippen molar-refractivity contribution in [2.45, 2.75) is 12.6 Å². The van der Waals surface area contributed by atoms with Gasteiger partial charge in [0, 0.05) is 4.47 Å². The Morgan fingerprint density at radius 3 is 2.29 bits per heavy atom. The highest BCUT2D eigenvalue weighted by Gasteiger charge is 2.38. The van der Waals surface area contributed by atoms with Gasteiger partial charge in [0.15, 0.2) is 5.69 Å². The molecule has 0 unspecified atom stereocenters. The summed E-state index contributed by atoms with van der Waals surface area (Å²) in [5, 5.41) is 8.50. The fraction of sp³-hybridized carbons (Fsp3) is 0.250. The molecule has 9 heteroatoms. The molecule has 0 amide bonds. The maximum absolute atomic E-state index is 12.4. The minimum absolute atomic E-state index is 0.276. The molecule has 0 fully saturated rings. The molecule has 1 aromatic heterocycles. The summed E-state index contributed by atoms with van der Waals surface area (Å²) >= 11 is 2.49. The molecule has 0 aromatic carbocycles. The molecular weight excluding hydrogens is 317 g/mol. The van der Waals surface area contributed by atoms with Crippen LogP contribution in [0.4, 0.5) is 22.0 Å². The smallest absolute Gasteiger partial charge is 0.418 e. The van der Waals surface area contributed by atoms with Gasteiger partial charge in [0.1, 0.15) is 5.69 Å². The van der Waals surface area contributed by atoms with Gasteiger partial charge in [-0.15, -0.1) is 0 Å². The Bertz CT molecular complexity index is 460. The van der Waals surface area contributed by atoms with E-state index in [1.165, 1.54) is 0 Å². The molecule has 1 N–H and O–H groups in total. The normalized spacial score (nSPS) is 11.9. The zero-order valence-electron chi connectivity index (χ0n) is 7.73. The summed E-state index contributed by atoms with van der Waals surface area (Å²) in [6.07, 6.45) is -8.16. The van der Waals surface area contributed by atoms with Crippen LogP contribution < -0.4 is 0 Å². The Balaban J connectivity index is 3.53. The van der Waals surface area contributed by atoms with E-state index in [1.807, 2.05) is 0 Å². The lowest BCUT2D eigenvalue weighted by Crippen LogP contribution is -2.16. The minimum Gasteiger partial charge on any atom is -0.476 e. The number of aromatic nitrogens is 1. The minimum atomic E-state index is -4.98. The second kappa shape index (κ2) is 4.55. The molecule has 17 heavy (non-hydrogen) atoms. The molecule has 0 saturated carbocycles. The van der Waals surface area contributed by atoms with Crippen molar-refractivity contribution < 1.29 is 31.9 Å². The summed E-state index contributed by atoms with van der Waals surface area (Å²) in [5.41, 5.74) is -4.08.